The van der Waals surface area contributed by atoms with Gasteiger partial charge in [-0.05, 0) is 36.4 Å². The Hall–Kier alpha value is -3.31. The number of anilines is 1. The van der Waals surface area contributed by atoms with Crippen LogP contribution in [0.5, 0.6) is 5.75 Å². The van der Waals surface area contributed by atoms with Gasteiger partial charge in [-0.25, -0.2) is 4.98 Å². The van der Waals surface area contributed by atoms with Crippen LogP contribution >= 0.6 is 23.2 Å². The van der Waals surface area contributed by atoms with Gasteiger partial charge in [0.15, 0.2) is 0 Å². The SMILES string of the molecule is CC(=O)N1CCN(c2ccc(OC[C@H]3CO[C@](Cn4ccnc4)(c4ccc(Cl)cc4Cl)O3)cc2)CC1.CC(=O)O. The first-order valence-corrected chi connectivity index (χ1v) is 13.6. The number of hydrogen-bond donors (Lipinski definition) is 1. The smallest absolute Gasteiger partial charge is 0.300 e. The molecule has 5 rings (SSSR count). The number of carbonyl (C=O) groups excluding carboxylic acids is 1. The van der Waals surface area contributed by atoms with E-state index < -0.39 is 11.8 Å². The first-order valence-electron chi connectivity index (χ1n) is 12.8. The fourth-order valence-electron chi connectivity index (χ4n) is 4.60. The minimum atomic E-state index is -1.08. The molecule has 2 fully saturated rings. The van der Waals surface area contributed by atoms with E-state index in [-0.39, 0.29) is 12.0 Å². The standard InChI is InChI=1S/C26H28Cl2N4O4.C2H4O2/c1-19(33)31-10-12-32(13-11-31)21-3-5-22(6-4-21)34-15-23-16-35-26(36-23,17-30-9-8-29-18-30)24-7-2-20(27)14-25(24)28;1-2(3)4/h2-9,14,18,23H,10-13,15-17H2,1H3;1H3,(H,3,4)/t23-,26-;/m0./s1. The van der Waals surface area contributed by atoms with E-state index >= 15 is 0 Å². The molecule has 0 unspecified atom stereocenters. The summed E-state index contributed by atoms with van der Waals surface area (Å²) >= 11 is 12.7. The van der Waals surface area contributed by atoms with Crippen molar-refractivity contribution < 1.29 is 28.9 Å². The van der Waals surface area contributed by atoms with Crippen molar-refractivity contribution >= 4 is 40.8 Å². The van der Waals surface area contributed by atoms with E-state index in [1.165, 1.54) is 0 Å². The summed E-state index contributed by atoms with van der Waals surface area (Å²) in [6, 6.07) is 13.3. The number of imidazole rings is 1. The second-order valence-corrected chi connectivity index (χ2v) is 10.3. The molecule has 2 atom stereocenters. The third-order valence-electron chi connectivity index (χ3n) is 6.51. The molecule has 0 aliphatic carbocycles. The number of rotatable bonds is 7. The molecule has 10 nitrogen and oxygen atoms in total. The largest absolute Gasteiger partial charge is 0.491 e. The number of amides is 1. The van der Waals surface area contributed by atoms with Gasteiger partial charge in [-0.1, -0.05) is 29.3 Å². The number of hydrogen-bond acceptors (Lipinski definition) is 7. The summed E-state index contributed by atoms with van der Waals surface area (Å²) in [5.41, 5.74) is 1.82. The second-order valence-electron chi connectivity index (χ2n) is 9.48. The van der Waals surface area contributed by atoms with E-state index in [0.717, 1.165) is 44.5 Å². The number of ether oxygens (including phenoxy) is 3. The fourth-order valence-corrected chi connectivity index (χ4v) is 5.15. The molecule has 3 aromatic rings. The van der Waals surface area contributed by atoms with Crippen LogP contribution in [-0.2, 0) is 31.4 Å². The molecule has 2 aliphatic heterocycles. The van der Waals surface area contributed by atoms with Crippen LogP contribution in [-0.4, -0.2) is 76.9 Å². The van der Waals surface area contributed by atoms with Crippen LogP contribution in [0, 0.1) is 0 Å². The Kier molecular flexibility index (Phi) is 9.91. The number of piperazine rings is 1. The van der Waals surface area contributed by atoms with Crippen LogP contribution in [0.1, 0.15) is 19.4 Å². The highest BCUT2D eigenvalue weighted by Gasteiger charge is 2.45. The molecule has 2 aromatic carbocycles. The minimum absolute atomic E-state index is 0.129. The summed E-state index contributed by atoms with van der Waals surface area (Å²) in [5, 5.41) is 8.44. The number of aromatic nitrogens is 2. The number of carboxylic acids is 1. The van der Waals surface area contributed by atoms with Crippen LogP contribution in [0.15, 0.2) is 61.2 Å². The summed E-state index contributed by atoms with van der Waals surface area (Å²) in [6.07, 6.45) is 4.98. The Morgan fingerprint density at radius 2 is 1.80 bits per heavy atom. The van der Waals surface area contributed by atoms with Gasteiger partial charge in [-0.2, -0.15) is 0 Å². The Labute approximate surface area is 243 Å². The minimum Gasteiger partial charge on any atom is -0.491 e. The number of aliphatic carboxylic acids is 1. The molecular formula is C28H32Cl2N4O6. The quantitative estimate of drug-likeness (QED) is 0.434. The van der Waals surface area contributed by atoms with Gasteiger partial charge in [0.05, 0.1) is 24.5 Å². The summed E-state index contributed by atoms with van der Waals surface area (Å²) in [4.78, 5) is 28.8. The molecule has 1 N–H and O–H groups in total. The molecule has 2 aliphatic rings. The van der Waals surface area contributed by atoms with Crippen LogP contribution in [0.2, 0.25) is 10.0 Å². The summed E-state index contributed by atoms with van der Waals surface area (Å²) in [5.74, 6) is -1.03. The zero-order chi connectivity index (χ0) is 28.7. The maximum absolute atomic E-state index is 11.6. The number of carboxylic acid groups (broad SMARTS) is 1. The first-order chi connectivity index (χ1) is 19.1. The number of halogens is 2. The Morgan fingerprint density at radius 3 is 2.40 bits per heavy atom. The Balaban J connectivity index is 0.000000867. The third-order valence-corrected chi connectivity index (χ3v) is 7.06. The highest BCUT2D eigenvalue weighted by Crippen LogP contribution is 2.40. The van der Waals surface area contributed by atoms with E-state index in [9.17, 15) is 4.79 Å². The predicted octanol–water partition coefficient (Wildman–Crippen LogP) is 4.30. The molecule has 1 amide bonds. The third kappa shape index (κ3) is 7.66. The summed E-state index contributed by atoms with van der Waals surface area (Å²) in [6.45, 7) is 6.89. The lowest BCUT2D eigenvalue weighted by Gasteiger charge is -2.35. The van der Waals surface area contributed by atoms with Gasteiger partial charge in [0.25, 0.3) is 5.97 Å². The molecule has 2 saturated heterocycles. The second kappa shape index (κ2) is 13.4. The van der Waals surface area contributed by atoms with Crippen LogP contribution < -0.4 is 9.64 Å². The van der Waals surface area contributed by atoms with Crippen LogP contribution in [0.3, 0.4) is 0 Å². The average molecular weight is 591 g/mol. The highest BCUT2D eigenvalue weighted by atomic mass is 35.5. The lowest BCUT2D eigenvalue weighted by molar-refractivity contribution is -0.189. The van der Waals surface area contributed by atoms with E-state index in [4.69, 9.17) is 47.3 Å². The number of nitrogens with zero attached hydrogens (tertiary/aromatic N) is 4. The number of benzene rings is 2. The van der Waals surface area contributed by atoms with Crippen LogP contribution in [0.25, 0.3) is 0 Å². The van der Waals surface area contributed by atoms with Crippen molar-refractivity contribution in [3.63, 3.8) is 0 Å². The van der Waals surface area contributed by atoms with Gasteiger partial charge in [0.1, 0.15) is 18.5 Å². The maximum Gasteiger partial charge on any atom is 0.300 e. The topological polar surface area (TPSA) is 106 Å². The summed E-state index contributed by atoms with van der Waals surface area (Å²) in [7, 11) is 0. The monoisotopic (exact) mass is 590 g/mol. The lowest BCUT2D eigenvalue weighted by Crippen LogP contribution is -2.48. The van der Waals surface area contributed by atoms with Crippen LogP contribution in [0.4, 0.5) is 5.69 Å². The summed E-state index contributed by atoms with van der Waals surface area (Å²) < 4.78 is 20.6. The molecule has 0 saturated carbocycles. The molecule has 40 heavy (non-hydrogen) atoms. The Morgan fingerprint density at radius 1 is 1.10 bits per heavy atom. The molecule has 12 heteroatoms. The van der Waals surface area contributed by atoms with Crippen molar-refractivity contribution in [2.45, 2.75) is 32.3 Å². The van der Waals surface area contributed by atoms with Gasteiger partial charge < -0.3 is 33.7 Å². The van der Waals surface area contributed by atoms with Gasteiger partial charge in [-0.15, -0.1) is 0 Å². The van der Waals surface area contributed by atoms with E-state index in [2.05, 4.69) is 9.88 Å². The van der Waals surface area contributed by atoms with Gasteiger partial charge in [0.2, 0.25) is 11.7 Å². The van der Waals surface area contributed by atoms with Crippen molar-refractivity contribution in [2.24, 2.45) is 0 Å². The first kappa shape index (κ1) is 29.7. The molecule has 0 radical (unpaired) electrons. The molecule has 1 aromatic heterocycles. The van der Waals surface area contributed by atoms with E-state index in [1.807, 2.05) is 46.0 Å². The predicted molar refractivity (Wildman–Crippen MR) is 151 cm³/mol. The maximum atomic E-state index is 11.6. The average Bonchev–Trinajstić information content (AvgIpc) is 3.58. The zero-order valence-electron chi connectivity index (χ0n) is 22.3. The molecule has 3 heterocycles. The number of carbonyl (C=O) groups is 2. The van der Waals surface area contributed by atoms with Crippen molar-refractivity contribution in [3.8, 4) is 5.75 Å². The molecular weight excluding hydrogens is 559 g/mol. The molecule has 0 bridgehead atoms. The lowest BCUT2D eigenvalue weighted by atomic mass is 10.1. The van der Waals surface area contributed by atoms with Gasteiger partial charge in [0, 0.05) is 68.7 Å². The van der Waals surface area contributed by atoms with Gasteiger partial charge >= 0.3 is 0 Å². The normalized spacial score (nSPS) is 20.6. The highest BCUT2D eigenvalue weighted by molar-refractivity contribution is 6.35. The van der Waals surface area contributed by atoms with Gasteiger partial charge in [-0.3, -0.25) is 9.59 Å². The van der Waals surface area contributed by atoms with Crippen molar-refractivity contribution in [2.75, 3.05) is 44.3 Å². The van der Waals surface area contributed by atoms with E-state index in [1.54, 1.807) is 31.6 Å². The van der Waals surface area contributed by atoms with Crippen molar-refractivity contribution in [1.82, 2.24) is 14.5 Å². The fraction of sp³-hybridized carbons (Fsp3) is 0.393. The van der Waals surface area contributed by atoms with E-state index in [0.29, 0.717) is 35.4 Å². The van der Waals surface area contributed by atoms with Crippen molar-refractivity contribution in [1.29, 1.82) is 0 Å². The van der Waals surface area contributed by atoms with Crippen molar-refractivity contribution in [3.05, 3.63) is 76.8 Å². The molecule has 0 spiro atoms. The molecule has 214 valence electrons. The zero-order valence-corrected chi connectivity index (χ0v) is 23.8. The Bertz CT molecular complexity index is 1280.